The van der Waals surface area contributed by atoms with E-state index < -0.39 is 0 Å². The average Bonchev–Trinajstić information content (AvgIpc) is 1.98. The van der Waals surface area contributed by atoms with Gasteiger partial charge in [0.05, 0.1) is 12.7 Å². The van der Waals surface area contributed by atoms with Crippen molar-refractivity contribution in [2.75, 3.05) is 20.6 Å². The second kappa shape index (κ2) is 1.99. The summed E-state index contributed by atoms with van der Waals surface area (Å²) in [5.74, 6) is 0.213. The Morgan fingerprint density at radius 2 is 2.11 bits per heavy atom. The highest BCUT2D eigenvalue weighted by atomic mass is 16.2. The van der Waals surface area contributed by atoms with Crippen LogP contribution in [-0.4, -0.2) is 42.5 Å². The Morgan fingerprint density at radius 1 is 1.56 bits per heavy atom. The second-order valence-corrected chi connectivity index (χ2v) is 2.55. The summed E-state index contributed by atoms with van der Waals surface area (Å²) in [7, 11) is 3.78. The number of carbonyl (C=O) groups excluding carboxylic acids is 1. The van der Waals surface area contributed by atoms with Gasteiger partial charge in [0.1, 0.15) is 0 Å². The second-order valence-electron chi connectivity index (χ2n) is 2.55. The smallest absolute Gasteiger partial charge is 0.237 e. The Hall–Kier alpha value is -0.570. The molecule has 0 spiro atoms. The van der Waals surface area contributed by atoms with Gasteiger partial charge >= 0.3 is 0 Å². The minimum Gasteiger partial charge on any atom is -0.329 e. The Bertz CT molecular complexity index is 135. The summed E-state index contributed by atoms with van der Waals surface area (Å²) in [6.07, 6.45) is 0.275. The molecule has 0 aliphatic carbocycles. The van der Waals surface area contributed by atoms with Crippen molar-refractivity contribution in [3.8, 4) is 0 Å². The first-order valence-corrected chi connectivity index (χ1v) is 3.09. The summed E-state index contributed by atoms with van der Waals surface area (Å²) in [6, 6.07) is 0. The van der Waals surface area contributed by atoms with Crippen molar-refractivity contribution < 1.29 is 4.79 Å². The molecule has 1 amide bonds. The summed E-state index contributed by atoms with van der Waals surface area (Å²) < 4.78 is 0. The fraction of sp³-hybridized carbons (Fsp3) is 0.833. The molecule has 1 aliphatic rings. The third-order valence-corrected chi connectivity index (χ3v) is 1.98. The van der Waals surface area contributed by atoms with Gasteiger partial charge in [0.25, 0.3) is 0 Å². The Kier molecular flexibility index (Phi) is 1.45. The first kappa shape index (κ1) is 6.55. The Morgan fingerprint density at radius 3 is 2.22 bits per heavy atom. The molecule has 0 radical (unpaired) electrons. The van der Waals surface area contributed by atoms with Crippen LogP contribution in [0.3, 0.4) is 0 Å². The van der Waals surface area contributed by atoms with Crippen molar-refractivity contribution in [1.29, 1.82) is 0 Å². The van der Waals surface area contributed by atoms with Gasteiger partial charge < -0.3 is 4.90 Å². The summed E-state index contributed by atoms with van der Waals surface area (Å²) in [5.41, 5.74) is 0. The van der Waals surface area contributed by atoms with Crippen LogP contribution in [0.5, 0.6) is 0 Å². The van der Waals surface area contributed by atoms with E-state index in [1.54, 1.807) is 4.90 Å². The molecule has 1 aliphatic heterocycles. The molecule has 0 bridgehead atoms. The van der Waals surface area contributed by atoms with Crippen molar-refractivity contribution in [3.63, 3.8) is 0 Å². The molecule has 1 rings (SSSR count). The zero-order valence-electron chi connectivity index (χ0n) is 6.09. The number of rotatable bonds is 0. The Balaban J connectivity index is 2.65. The molecule has 1 heterocycles. The van der Waals surface area contributed by atoms with Gasteiger partial charge in [-0.3, -0.25) is 9.69 Å². The van der Waals surface area contributed by atoms with Crippen LogP contribution in [0, 0.1) is 0 Å². The number of hydrogen-bond donors (Lipinski definition) is 0. The van der Waals surface area contributed by atoms with E-state index in [0.717, 1.165) is 0 Å². The topological polar surface area (TPSA) is 23.6 Å². The summed E-state index contributed by atoms with van der Waals surface area (Å²) in [5, 5.41) is 0. The van der Waals surface area contributed by atoms with Crippen LogP contribution in [0.2, 0.25) is 0 Å². The molecule has 0 aromatic carbocycles. The molecule has 1 atom stereocenters. The van der Waals surface area contributed by atoms with Crippen LogP contribution in [0.1, 0.15) is 6.92 Å². The van der Waals surface area contributed by atoms with Gasteiger partial charge in [0.15, 0.2) is 0 Å². The number of amides is 1. The van der Waals surface area contributed by atoms with Crippen LogP contribution in [-0.2, 0) is 4.79 Å². The van der Waals surface area contributed by atoms with E-state index in [1.807, 2.05) is 25.9 Å². The van der Waals surface area contributed by atoms with Gasteiger partial charge in [-0.15, -0.1) is 0 Å². The van der Waals surface area contributed by atoms with Crippen LogP contribution in [0.4, 0.5) is 0 Å². The number of likely N-dealkylation sites (N-methyl/N-ethyl adjacent to an activating group) is 2. The van der Waals surface area contributed by atoms with E-state index >= 15 is 0 Å². The molecular formula is C6H12N2O. The molecule has 9 heavy (non-hydrogen) atoms. The fourth-order valence-electron chi connectivity index (χ4n) is 0.961. The SMILES string of the molecule is CC1N(C)CC(=O)N1C. The maximum atomic E-state index is 10.9. The van der Waals surface area contributed by atoms with E-state index in [-0.39, 0.29) is 12.1 Å². The molecule has 0 saturated carbocycles. The highest BCUT2D eigenvalue weighted by Crippen LogP contribution is 2.08. The summed E-state index contributed by atoms with van der Waals surface area (Å²) in [6.45, 7) is 2.59. The van der Waals surface area contributed by atoms with E-state index in [4.69, 9.17) is 0 Å². The molecule has 0 N–H and O–H groups in total. The number of nitrogens with zero attached hydrogens (tertiary/aromatic N) is 2. The predicted octanol–water partition coefficient (Wildman–Crippen LogP) is -0.264. The largest absolute Gasteiger partial charge is 0.329 e. The molecule has 3 nitrogen and oxygen atoms in total. The van der Waals surface area contributed by atoms with Crippen molar-refractivity contribution in [3.05, 3.63) is 0 Å². The van der Waals surface area contributed by atoms with Gasteiger partial charge in [0.2, 0.25) is 5.91 Å². The van der Waals surface area contributed by atoms with Gasteiger partial charge in [-0.25, -0.2) is 0 Å². The van der Waals surface area contributed by atoms with E-state index in [0.29, 0.717) is 6.54 Å². The highest BCUT2D eigenvalue weighted by molar-refractivity contribution is 5.80. The molecular weight excluding hydrogens is 116 g/mol. The molecule has 1 saturated heterocycles. The highest BCUT2D eigenvalue weighted by Gasteiger charge is 2.28. The number of hydrogen-bond acceptors (Lipinski definition) is 2. The van der Waals surface area contributed by atoms with Crippen LogP contribution in [0.15, 0.2) is 0 Å². The lowest BCUT2D eigenvalue weighted by Gasteiger charge is -2.18. The molecule has 0 aromatic heterocycles. The van der Waals surface area contributed by atoms with Crippen molar-refractivity contribution in [2.45, 2.75) is 13.1 Å². The van der Waals surface area contributed by atoms with Crippen LogP contribution >= 0.6 is 0 Å². The zero-order valence-corrected chi connectivity index (χ0v) is 6.09. The third kappa shape index (κ3) is 0.920. The van der Waals surface area contributed by atoms with Crippen molar-refractivity contribution >= 4 is 5.91 Å². The molecule has 1 fully saturated rings. The van der Waals surface area contributed by atoms with E-state index in [2.05, 4.69) is 0 Å². The quantitative estimate of drug-likeness (QED) is 0.448. The summed E-state index contributed by atoms with van der Waals surface area (Å²) >= 11 is 0. The van der Waals surface area contributed by atoms with Gasteiger partial charge in [0, 0.05) is 7.05 Å². The van der Waals surface area contributed by atoms with E-state index in [9.17, 15) is 4.79 Å². The number of carbonyl (C=O) groups is 1. The molecule has 52 valence electrons. The van der Waals surface area contributed by atoms with Crippen LogP contribution < -0.4 is 0 Å². The fourth-order valence-corrected chi connectivity index (χ4v) is 0.961. The first-order chi connectivity index (χ1) is 4.13. The molecule has 1 unspecified atom stereocenters. The normalized spacial score (nSPS) is 29.9. The average molecular weight is 128 g/mol. The maximum absolute atomic E-state index is 10.9. The molecule has 3 heteroatoms. The zero-order chi connectivity index (χ0) is 7.02. The first-order valence-electron chi connectivity index (χ1n) is 3.09. The van der Waals surface area contributed by atoms with Gasteiger partial charge in [-0.2, -0.15) is 0 Å². The lowest BCUT2D eigenvalue weighted by Crippen LogP contribution is -2.31. The van der Waals surface area contributed by atoms with Crippen molar-refractivity contribution in [1.82, 2.24) is 9.80 Å². The van der Waals surface area contributed by atoms with Gasteiger partial charge in [-0.1, -0.05) is 0 Å². The monoisotopic (exact) mass is 128 g/mol. The summed E-state index contributed by atoms with van der Waals surface area (Å²) in [4.78, 5) is 14.6. The van der Waals surface area contributed by atoms with E-state index in [1.165, 1.54) is 0 Å². The standard InChI is InChI=1S/C6H12N2O/c1-5-7(2)4-6(9)8(5)3/h5H,4H2,1-3H3. The lowest BCUT2D eigenvalue weighted by molar-refractivity contribution is -0.126. The minimum absolute atomic E-state index is 0.213. The maximum Gasteiger partial charge on any atom is 0.237 e. The Labute approximate surface area is 55.2 Å². The minimum atomic E-state index is 0.213. The molecule has 0 aromatic rings. The lowest BCUT2D eigenvalue weighted by atomic mass is 10.5. The third-order valence-electron chi connectivity index (χ3n) is 1.98. The van der Waals surface area contributed by atoms with Crippen molar-refractivity contribution in [2.24, 2.45) is 0 Å². The predicted molar refractivity (Wildman–Crippen MR) is 34.9 cm³/mol. The van der Waals surface area contributed by atoms with Crippen LogP contribution in [0.25, 0.3) is 0 Å². The van der Waals surface area contributed by atoms with Gasteiger partial charge in [-0.05, 0) is 14.0 Å².